The first-order chi connectivity index (χ1) is 26.5. The predicted molar refractivity (Wildman–Crippen MR) is 223 cm³/mol. The summed E-state index contributed by atoms with van der Waals surface area (Å²) < 4.78 is 7.10. The molecule has 0 saturated heterocycles. The van der Waals surface area contributed by atoms with Crippen LogP contribution in [0.25, 0.3) is 71.7 Å². The van der Waals surface area contributed by atoms with E-state index in [0.29, 0.717) is 0 Å². The zero-order chi connectivity index (χ0) is 36.0. The van der Waals surface area contributed by atoms with Crippen LogP contribution >= 0.6 is 0 Å². The second-order valence-electron chi connectivity index (χ2n) is 15.0. The fourth-order valence-corrected chi connectivity index (χ4v) is 8.84. The van der Waals surface area contributed by atoms with Crippen LogP contribution in [0.1, 0.15) is 47.8 Å². The molecule has 4 heteroatoms. The van der Waals surface area contributed by atoms with Gasteiger partial charge in [-0.05, 0) is 63.7 Å². The van der Waals surface area contributed by atoms with Gasteiger partial charge in [0.1, 0.15) is 17.3 Å². The van der Waals surface area contributed by atoms with Gasteiger partial charge in [-0.25, -0.2) is 4.98 Å². The first kappa shape index (κ1) is 30.8. The molecule has 1 unspecified atom stereocenters. The van der Waals surface area contributed by atoms with Crippen molar-refractivity contribution in [2.45, 2.75) is 25.4 Å². The summed E-state index contributed by atoms with van der Waals surface area (Å²) in [6.07, 6.45) is 1.92. The Bertz CT molecular complexity index is 3040. The molecule has 0 spiro atoms. The number of nitrogens with one attached hydrogen (secondary N) is 1. The fourth-order valence-electron chi connectivity index (χ4n) is 8.84. The lowest BCUT2D eigenvalue weighted by atomic mass is 9.82. The Hall–Kier alpha value is -6.78. The zero-order valence-electron chi connectivity index (χ0n) is 30.0. The zero-order valence-corrected chi connectivity index (χ0v) is 30.0. The van der Waals surface area contributed by atoms with Gasteiger partial charge in [0.2, 0.25) is 0 Å². The van der Waals surface area contributed by atoms with Crippen molar-refractivity contribution in [3.8, 4) is 22.4 Å². The standard InChI is InChI=1S/C50H35N3O/c1-50(2)40-22-11-9-18-33(40)39-28-32(24-27-41(39)50)43-29-44(53-49(52-43)31-16-7-4-8-17-31)37-21-13-20-34-35-25-26-38-45(48(35)54-47(34)37)36-19-10-12-23-42(36)51-46(38)30-14-5-3-6-15-30/h3-29,49,52H,1-2H3. The lowest BCUT2D eigenvalue weighted by Gasteiger charge is -2.26. The number of hydrogen-bond donors (Lipinski definition) is 1. The normalized spacial score (nSPS) is 15.9. The first-order valence-corrected chi connectivity index (χ1v) is 18.6. The van der Waals surface area contributed by atoms with Crippen molar-refractivity contribution in [2.75, 3.05) is 0 Å². The first-order valence-electron chi connectivity index (χ1n) is 18.6. The van der Waals surface area contributed by atoms with E-state index in [0.717, 1.165) is 83.0 Å². The molecule has 0 bridgehead atoms. The van der Waals surface area contributed by atoms with E-state index in [1.807, 2.05) is 6.07 Å². The van der Waals surface area contributed by atoms with Gasteiger partial charge >= 0.3 is 0 Å². The van der Waals surface area contributed by atoms with Crippen molar-refractivity contribution in [3.05, 3.63) is 192 Å². The highest BCUT2D eigenvalue weighted by atomic mass is 16.3. The number of pyridine rings is 1. The molecular weight excluding hydrogens is 659 g/mol. The van der Waals surface area contributed by atoms with Crippen molar-refractivity contribution in [1.82, 2.24) is 10.3 Å². The summed E-state index contributed by atoms with van der Waals surface area (Å²) in [6, 6.07) is 55.8. The maximum Gasteiger partial charge on any atom is 0.145 e. The molecule has 1 aliphatic carbocycles. The number of furan rings is 1. The molecule has 11 rings (SSSR count). The molecule has 0 saturated carbocycles. The number of allylic oxidation sites excluding steroid dienone is 1. The third-order valence-electron chi connectivity index (χ3n) is 11.5. The Morgan fingerprint density at radius 2 is 1.24 bits per heavy atom. The molecule has 54 heavy (non-hydrogen) atoms. The molecule has 1 N–H and O–H groups in total. The van der Waals surface area contributed by atoms with Gasteiger partial charge in [-0.15, -0.1) is 0 Å². The van der Waals surface area contributed by atoms with Gasteiger partial charge in [0.25, 0.3) is 0 Å². The van der Waals surface area contributed by atoms with E-state index in [-0.39, 0.29) is 11.6 Å². The summed E-state index contributed by atoms with van der Waals surface area (Å²) >= 11 is 0. The molecule has 2 aliphatic rings. The summed E-state index contributed by atoms with van der Waals surface area (Å²) in [7, 11) is 0. The molecule has 0 amide bonds. The second kappa shape index (κ2) is 11.6. The van der Waals surface area contributed by atoms with Crippen molar-refractivity contribution >= 4 is 55.0 Å². The predicted octanol–water partition coefficient (Wildman–Crippen LogP) is 12.4. The Kier molecular flexibility index (Phi) is 6.62. The van der Waals surface area contributed by atoms with Crippen molar-refractivity contribution in [2.24, 2.45) is 4.99 Å². The van der Waals surface area contributed by atoms with Crippen LogP contribution in [0.3, 0.4) is 0 Å². The molecule has 2 aromatic heterocycles. The average molecular weight is 694 g/mol. The Labute approximate surface area is 313 Å². The molecule has 4 nitrogen and oxygen atoms in total. The summed E-state index contributed by atoms with van der Waals surface area (Å²) in [6.45, 7) is 4.65. The third kappa shape index (κ3) is 4.56. The van der Waals surface area contributed by atoms with E-state index >= 15 is 0 Å². The van der Waals surface area contributed by atoms with Gasteiger partial charge in [0, 0.05) is 49.2 Å². The number of para-hydroxylation sites is 2. The number of rotatable bonds is 4. The van der Waals surface area contributed by atoms with Crippen LogP contribution < -0.4 is 5.32 Å². The minimum absolute atomic E-state index is 0.0532. The highest BCUT2D eigenvalue weighted by molar-refractivity contribution is 6.27. The molecule has 1 aliphatic heterocycles. The van der Waals surface area contributed by atoms with Crippen LogP contribution in [0.4, 0.5) is 0 Å². The average Bonchev–Trinajstić information content (AvgIpc) is 3.73. The number of fused-ring (bicyclic) bond motifs is 10. The van der Waals surface area contributed by atoms with Gasteiger partial charge in [-0.1, -0.05) is 147 Å². The monoisotopic (exact) mass is 693 g/mol. The topological polar surface area (TPSA) is 50.4 Å². The number of benzene rings is 7. The molecule has 0 radical (unpaired) electrons. The van der Waals surface area contributed by atoms with E-state index in [1.54, 1.807) is 0 Å². The van der Waals surface area contributed by atoms with E-state index < -0.39 is 0 Å². The van der Waals surface area contributed by atoms with Gasteiger partial charge in [0.05, 0.1) is 16.9 Å². The molecule has 256 valence electrons. The van der Waals surface area contributed by atoms with Crippen LogP contribution in [0, 0.1) is 0 Å². The summed E-state index contributed by atoms with van der Waals surface area (Å²) in [5.41, 5.74) is 15.0. The minimum atomic E-state index is -0.276. The Balaban J connectivity index is 1.13. The maximum atomic E-state index is 7.10. The van der Waals surface area contributed by atoms with Gasteiger partial charge in [0.15, 0.2) is 0 Å². The van der Waals surface area contributed by atoms with Gasteiger partial charge in [-0.2, -0.15) is 0 Å². The van der Waals surface area contributed by atoms with Crippen LogP contribution in [0.5, 0.6) is 0 Å². The van der Waals surface area contributed by atoms with Crippen LogP contribution in [-0.2, 0) is 5.41 Å². The van der Waals surface area contributed by atoms with Crippen LogP contribution in [0.15, 0.2) is 173 Å². The van der Waals surface area contributed by atoms with Crippen molar-refractivity contribution in [3.63, 3.8) is 0 Å². The molecule has 3 heterocycles. The second-order valence-corrected chi connectivity index (χ2v) is 15.0. The summed E-state index contributed by atoms with van der Waals surface area (Å²) in [5.74, 6) is 0. The number of aliphatic imine (C=N–C) groups is 1. The van der Waals surface area contributed by atoms with E-state index in [4.69, 9.17) is 14.4 Å². The summed E-state index contributed by atoms with van der Waals surface area (Å²) in [4.78, 5) is 10.5. The van der Waals surface area contributed by atoms with Gasteiger partial charge < -0.3 is 9.73 Å². The highest BCUT2D eigenvalue weighted by Gasteiger charge is 2.35. The quantitative estimate of drug-likeness (QED) is 0.187. The molecule has 7 aromatic carbocycles. The largest absolute Gasteiger partial charge is 0.455 e. The molecule has 9 aromatic rings. The van der Waals surface area contributed by atoms with Crippen molar-refractivity contribution in [1.29, 1.82) is 0 Å². The number of hydrogen-bond acceptors (Lipinski definition) is 4. The van der Waals surface area contributed by atoms with E-state index in [9.17, 15) is 0 Å². The molecule has 1 atom stereocenters. The Morgan fingerprint density at radius 3 is 2.11 bits per heavy atom. The third-order valence-corrected chi connectivity index (χ3v) is 11.5. The SMILES string of the molecule is CC1(C)c2ccccc2-c2cc(C3=CC(c4cccc5c4oc4c5ccc5c(-c6ccccc6)nc6ccccc6c54)=NC(c4ccccc4)N3)ccc21. The molecule has 0 fully saturated rings. The van der Waals surface area contributed by atoms with E-state index in [1.165, 1.54) is 22.3 Å². The minimum Gasteiger partial charge on any atom is -0.455 e. The highest BCUT2D eigenvalue weighted by Crippen LogP contribution is 2.49. The van der Waals surface area contributed by atoms with Gasteiger partial charge in [-0.3, -0.25) is 4.99 Å². The van der Waals surface area contributed by atoms with Crippen LogP contribution in [0.2, 0.25) is 0 Å². The van der Waals surface area contributed by atoms with Crippen LogP contribution in [-0.4, -0.2) is 10.7 Å². The maximum absolute atomic E-state index is 7.10. The summed E-state index contributed by atoms with van der Waals surface area (Å²) in [5, 5.41) is 9.16. The van der Waals surface area contributed by atoms with Crippen molar-refractivity contribution < 1.29 is 4.42 Å². The van der Waals surface area contributed by atoms with E-state index in [2.05, 4.69) is 177 Å². The Morgan fingerprint density at radius 1 is 0.556 bits per heavy atom. The lowest BCUT2D eigenvalue weighted by Crippen LogP contribution is -2.25. The smallest absolute Gasteiger partial charge is 0.145 e. The number of aromatic nitrogens is 1. The number of nitrogens with zero attached hydrogens (tertiary/aromatic N) is 2. The molecular formula is C50H35N3O. The fraction of sp³-hybridized carbons (Fsp3) is 0.0800. The lowest BCUT2D eigenvalue weighted by molar-refractivity contribution is 0.657.